The summed E-state index contributed by atoms with van der Waals surface area (Å²) in [7, 11) is 0. The van der Waals surface area contributed by atoms with Crippen LogP contribution < -0.4 is 4.74 Å². The largest absolute Gasteiger partial charge is 0.481 e. The van der Waals surface area contributed by atoms with Gasteiger partial charge in [0, 0.05) is 5.88 Å². The van der Waals surface area contributed by atoms with E-state index in [1.165, 1.54) is 18.2 Å². The Balaban J connectivity index is 2.91. The average Bonchev–Trinajstić information content (AvgIpc) is 2.27. The molecule has 0 amide bonds. The Bertz CT molecular complexity index is 410. The van der Waals surface area contributed by atoms with Crippen molar-refractivity contribution in [3.8, 4) is 5.75 Å². The number of rotatable bonds is 7. The van der Waals surface area contributed by atoms with E-state index in [9.17, 15) is 13.6 Å². The first-order valence-electron chi connectivity index (χ1n) is 5.37. The number of carboxylic acids is 1. The van der Waals surface area contributed by atoms with Gasteiger partial charge in [0.15, 0.2) is 0 Å². The van der Waals surface area contributed by atoms with Gasteiger partial charge in [0.25, 0.3) is 0 Å². The van der Waals surface area contributed by atoms with Crippen molar-refractivity contribution in [1.82, 2.24) is 0 Å². The third-order valence-corrected chi connectivity index (χ3v) is 2.59. The van der Waals surface area contributed by atoms with Crippen molar-refractivity contribution in [1.29, 1.82) is 0 Å². The first kappa shape index (κ1) is 14.7. The predicted molar refractivity (Wildman–Crippen MR) is 63.5 cm³/mol. The van der Waals surface area contributed by atoms with Crippen molar-refractivity contribution in [3.63, 3.8) is 0 Å². The highest BCUT2D eigenvalue weighted by atomic mass is 35.5. The first-order chi connectivity index (χ1) is 8.52. The average molecular weight is 279 g/mol. The lowest BCUT2D eigenvalue weighted by atomic mass is 10.0. The number of benzene rings is 1. The number of aryl methyl sites for hydroxylation is 1. The van der Waals surface area contributed by atoms with E-state index >= 15 is 0 Å². The predicted octanol–water partition coefficient (Wildman–Crippen LogP) is 3.09. The summed E-state index contributed by atoms with van der Waals surface area (Å²) >= 11 is 5.57. The number of carbonyl (C=O) groups is 1. The molecule has 0 spiro atoms. The Morgan fingerprint density at radius 3 is 2.67 bits per heavy atom. The summed E-state index contributed by atoms with van der Waals surface area (Å²) in [6, 6.07) is 4.28. The Hall–Kier alpha value is -1.36. The number of hydrogen-bond donors (Lipinski definition) is 1. The van der Waals surface area contributed by atoms with E-state index in [0.717, 1.165) is 0 Å². The number of carboxylic acid groups (broad SMARTS) is 1. The molecule has 100 valence electrons. The van der Waals surface area contributed by atoms with Crippen molar-refractivity contribution >= 4 is 17.6 Å². The third-order valence-electron chi connectivity index (χ3n) is 2.32. The van der Waals surface area contributed by atoms with Gasteiger partial charge in [0.2, 0.25) is 0 Å². The maximum Gasteiger partial charge on any atom is 0.387 e. The standard InChI is InChI=1S/C12H13ClF2O3/c13-5-1-2-8-6-10(18-12(14)15)4-3-9(8)7-11(16)17/h3-4,6,12H,1-2,5,7H2,(H,16,17). The molecule has 0 atom stereocenters. The van der Waals surface area contributed by atoms with Crippen LogP contribution in [0, 0.1) is 0 Å². The fraction of sp³-hybridized carbons (Fsp3) is 0.417. The summed E-state index contributed by atoms with van der Waals surface area (Å²) in [5.41, 5.74) is 1.27. The molecule has 3 nitrogen and oxygen atoms in total. The molecule has 1 rings (SSSR count). The Morgan fingerprint density at radius 1 is 1.39 bits per heavy atom. The SMILES string of the molecule is O=C(O)Cc1ccc(OC(F)F)cc1CCCCl. The van der Waals surface area contributed by atoms with Crippen molar-refractivity contribution in [2.45, 2.75) is 25.9 Å². The maximum absolute atomic E-state index is 12.1. The third kappa shape index (κ3) is 4.87. The molecule has 1 aromatic rings. The van der Waals surface area contributed by atoms with Crippen LogP contribution in [0.25, 0.3) is 0 Å². The second kappa shape index (κ2) is 7.16. The fourth-order valence-corrected chi connectivity index (χ4v) is 1.74. The van der Waals surface area contributed by atoms with Gasteiger partial charge in [-0.25, -0.2) is 0 Å². The van der Waals surface area contributed by atoms with Crippen molar-refractivity contribution in [2.24, 2.45) is 0 Å². The minimum absolute atomic E-state index is 0.0312. The molecule has 1 aromatic carbocycles. The van der Waals surface area contributed by atoms with Crippen LogP contribution >= 0.6 is 11.6 Å². The first-order valence-corrected chi connectivity index (χ1v) is 5.90. The summed E-state index contributed by atoms with van der Waals surface area (Å²) in [5, 5.41) is 8.75. The van der Waals surface area contributed by atoms with Crippen LogP contribution in [0.5, 0.6) is 5.75 Å². The van der Waals surface area contributed by atoms with Crippen LogP contribution in [0.1, 0.15) is 17.5 Å². The number of halogens is 3. The van der Waals surface area contributed by atoms with Gasteiger partial charge >= 0.3 is 12.6 Å². The van der Waals surface area contributed by atoms with Gasteiger partial charge < -0.3 is 9.84 Å². The maximum atomic E-state index is 12.1. The second-order valence-corrected chi connectivity index (χ2v) is 4.05. The molecule has 0 aliphatic heterocycles. The zero-order valence-corrected chi connectivity index (χ0v) is 10.3. The summed E-state index contributed by atoms with van der Waals surface area (Å²) in [6.45, 7) is -2.89. The van der Waals surface area contributed by atoms with E-state index in [0.29, 0.717) is 29.8 Å². The van der Waals surface area contributed by atoms with Crippen molar-refractivity contribution in [3.05, 3.63) is 29.3 Å². The Labute approximate surface area is 108 Å². The van der Waals surface area contributed by atoms with Crippen LogP contribution in [0.3, 0.4) is 0 Å². The minimum Gasteiger partial charge on any atom is -0.481 e. The van der Waals surface area contributed by atoms with Crippen molar-refractivity contribution < 1.29 is 23.4 Å². The van der Waals surface area contributed by atoms with Gasteiger partial charge in [0.05, 0.1) is 6.42 Å². The highest BCUT2D eigenvalue weighted by molar-refractivity contribution is 6.17. The number of ether oxygens (including phenoxy) is 1. The lowest BCUT2D eigenvalue weighted by Crippen LogP contribution is -2.06. The van der Waals surface area contributed by atoms with Gasteiger partial charge in [-0.2, -0.15) is 8.78 Å². The van der Waals surface area contributed by atoms with E-state index in [2.05, 4.69) is 4.74 Å². The smallest absolute Gasteiger partial charge is 0.387 e. The molecular formula is C12H13ClF2O3. The van der Waals surface area contributed by atoms with Gasteiger partial charge in [-0.15, -0.1) is 11.6 Å². The Morgan fingerprint density at radius 2 is 2.11 bits per heavy atom. The van der Waals surface area contributed by atoms with E-state index in [4.69, 9.17) is 16.7 Å². The molecule has 0 heterocycles. The van der Waals surface area contributed by atoms with Crippen LogP contribution in [0.2, 0.25) is 0 Å². The highest BCUT2D eigenvalue weighted by Crippen LogP contribution is 2.21. The minimum atomic E-state index is -2.89. The van der Waals surface area contributed by atoms with Crippen LogP contribution in [0.4, 0.5) is 8.78 Å². The van der Waals surface area contributed by atoms with Crippen molar-refractivity contribution in [2.75, 3.05) is 5.88 Å². The normalized spacial score (nSPS) is 10.7. The molecule has 0 fully saturated rings. The highest BCUT2D eigenvalue weighted by Gasteiger charge is 2.10. The van der Waals surface area contributed by atoms with E-state index < -0.39 is 12.6 Å². The summed E-state index contributed by atoms with van der Waals surface area (Å²) < 4.78 is 28.4. The van der Waals surface area contributed by atoms with E-state index in [1.807, 2.05) is 0 Å². The molecule has 0 aliphatic rings. The van der Waals surface area contributed by atoms with E-state index in [1.54, 1.807) is 0 Å². The monoisotopic (exact) mass is 278 g/mol. The molecule has 0 unspecified atom stereocenters. The number of aliphatic carboxylic acids is 1. The van der Waals surface area contributed by atoms with Gasteiger partial charge in [-0.3, -0.25) is 4.79 Å². The van der Waals surface area contributed by atoms with Crippen LogP contribution in [0.15, 0.2) is 18.2 Å². The molecule has 18 heavy (non-hydrogen) atoms. The molecular weight excluding hydrogens is 266 g/mol. The lowest BCUT2D eigenvalue weighted by Gasteiger charge is -2.11. The zero-order valence-electron chi connectivity index (χ0n) is 9.54. The second-order valence-electron chi connectivity index (χ2n) is 3.67. The van der Waals surface area contributed by atoms with Gasteiger partial charge in [-0.05, 0) is 36.1 Å². The molecule has 0 saturated heterocycles. The molecule has 0 radical (unpaired) electrons. The molecule has 0 aliphatic carbocycles. The molecule has 0 bridgehead atoms. The number of hydrogen-bond acceptors (Lipinski definition) is 2. The summed E-state index contributed by atoms with van der Waals surface area (Å²) in [6.07, 6.45) is 1.03. The van der Waals surface area contributed by atoms with Crippen LogP contribution in [-0.2, 0) is 17.6 Å². The van der Waals surface area contributed by atoms with E-state index in [-0.39, 0.29) is 12.2 Å². The molecule has 0 saturated carbocycles. The van der Waals surface area contributed by atoms with Gasteiger partial charge in [-0.1, -0.05) is 6.07 Å². The summed E-state index contributed by atoms with van der Waals surface area (Å²) in [4.78, 5) is 10.7. The summed E-state index contributed by atoms with van der Waals surface area (Å²) in [5.74, 6) is -0.514. The number of alkyl halides is 3. The topological polar surface area (TPSA) is 46.5 Å². The molecule has 1 N–H and O–H groups in total. The lowest BCUT2D eigenvalue weighted by molar-refractivity contribution is -0.136. The zero-order chi connectivity index (χ0) is 13.5. The molecule has 0 aromatic heterocycles. The van der Waals surface area contributed by atoms with Gasteiger partial charge in [0.1, 0.15) is 5.75 Å². The van der Waals surface area contributed by atoms with Crippen LogP contribution in [-0.4, -0.2) is 23.6 Å². The Kier molecular flexibility index (Phi) is 5.85. The quantitative estimate of drug-likeness (QED) is 0.780. The fourth-order valence-electron chi connectivity index (χ4n) is 1.60. The molecule has 6 heteroatoms.